The van der Waals surface area contributed by atoms with E-state index in [4.69, 9.17) is 16.0 Å². The minimum Gasteiger partial charge on any atom is -0.506 e. The van der Waals surface area contributed by atoms with E-state index in [9.17, 15) is 14.7 Å². The van der Waals surface area contributed by atoms with E-state index in [1.54, 1.807) is 24.4 Å². The number of anilines is 1. The average molecular weight is 514 g/mol. The first kappa shape index (κ1) is 22.1. The van der Waals surface area contributed by atoms with Crippen LogP contribution in [0, 0.1) is 0 Å². The Balaban J connectivity index is 1.54. The van der Waals surface area contributed by atoms with Gasteiger partial charge in [0.15, 0.2) is 0 Å². The lowest BCUT2D eigenvalue weighted by Gasteiger charge is -2.07. The third-order valence-electron chi connectivity index (χ3n) is 4.91. The van der Waals surface area contributed by atoms with Crippen LogP contribution in [-0.4, -0.2) is 29.7 Å². The Morgan fingerprint density at radius 1 is 1.21 bits per heavy atom. The molecule has 0 atom stereocenters. The van der Waals surface area contributed by atoms with E-state index in [1.807, 2.05) is 6.07 Å². The van der Waals surface area contributed by atoms with Crippen molar-refractivity contribution in [2.24, 2.45) is 0 Å². The lowest BCUT2D eigenvalue weighted by Crippen LogP contribution is -2.21. The molecule has 0 aromatic carbocycles. The van der Waals surface area contributed by atoms with Gasteiger partial charge in [-0.15, -0.1) is 11.3 Å². The first-order valence-corrected chi connectivity index (χ1v) is 11.9. The number of nitrogens with one attached hydrogen (secondary N) is 1. The second-order valence-corrected chi connectivity index (χ2v) is 9.94. The monoisotopic (exact) mass is 513 g/mol. The van der Waals surface area contributed by atoms with E-state index in [1.165, 1.54) is 63.0 Å². The highest BCUT2D eigenvalue weighted by Crippen LogP contribution is 2.26. The Morgan fingerprint density at radius 3 is 2.79 bits per heavy atom. The molecule has 2 N–H and O–H groups in total. The first-order valence-electron chi connectivity index (χ1n) is 9.96. The van der Waals surface area contributed by atoms with Crippen molar-refractivity contribution >= 4 is 46.2 Å². The van der Waals surface area contributed by atoms with Crippen molar-refractivity contribution in [1.82, 2.24) is 18.7 Å². The number of hydrogen-bond acceptors (Lipinski definition) is 9. The zero-order valence-electron chi connectivity index (χ0n) is 17.3. The number of furan rings is 1. The minimum absolute atomic E-state index is 0.0995. The fraction of sp³-hybridized carbons (Fsp3) is 0.0909. The average Bonchev–Trinajstić information content (AvgIpc) is 3.62. The van der Waals surface area contributed by atoms with Crippen molar-refractivity contribution in [3.8, 4) is 17.0 Å². The third-order valence-corrected chi connectivity index (χ3v) is 6.87. The maximum absolute atomic E-state index is 13.2. The van der Waals surface area contributed by atoms with Crippen LogP contribution in [0.2, 0.25) is 4.34 Å². The van der Waals surface area contributed by atoms with Crippen LogP contribution < -0.4 is 10.9 Å². The van der Waals surface area contributed by atoms with E-state index in [-0.39, 0.29) is 29.1 Å². The van der Waals surface area contributed by atoms with Gasteiger partial charge in [0.25, 0.3) is 11.5 Å². The van der Waals surface area contributed by atoms with Gasteiger partial charge in [0, 0.05) is 28.2 Å². The number of rotatable bonds is 7. The van der Waals surface area contributed by atoms with Crippen LogP contribution in [0.25, 0.3) is 11.3 Å². The molecule has 0 spiro atoms. The van der Waals surface area contributed by atoms with Crippen molar-refractivity contribution < 1.29 is 14.3 Å². The van der Waals surface area contributed by atoms with E-state index < -0.39 is 5.91 Å². The lowest BCUT2D eigenvalue weighted by atomic mass is 10.2. The van der Waals surface area contributed by atoms with Crippen LogP contribution >= 0.6 is 34.5 Å². The second kappa shape index (κ2) is 9.29. The molecule has 0 unspecified atom stereocenters. The number of carbonyl (C=O) groups excluding carboxylic acids is 1. The maximum atomic E-state index is 13.2. The van der Waals surface area contributed by atoms with Gasteiger partial charge in [-0.3, -0.25) is 9.59 Å². The highest BCUT2D eigenvalue weighted by Gasteiger charge is 2.20. The van der Waals surface area contributed by atoms with Crippen molar-refractivity contribution in [3.63, 3.8) is 0 Å². The Morgan fingerprint density at radius 2 is 2.09 bits per heavy atom. The zero-order valence-corrected chi connectivity index (χ0v) is 19.7. The first-order chi connectivity index (χ1) is 16.5. The lowest BCUT2D eigenvalue weighted by molar-refractivity contribution is 0.0947. The second-order valence-electron chi connectivity index (χ2n) is 7.23. The molecule has 5 rings (SSSR count). The standard InChI is InChI=1S/C22H16ClN5O4S2/c23-19-2-1-15(33-19)9-24-20-8-18(26-28(20)21(30)13-4-6-32-12-13)17-7-14(29)10-27(22(17)31)11-16-3-5-25-34-16/h1-8,10,12,24,29H,9,11H2. The Hall–Kier alpha value is -3.67. The molecule has 0 aliphatic heterocycles. The molecule has 0 fully saturated rings. The fourth-order valence-electron chi connectivity index (χ4n) is 3.34. The molecule has 34 heavy (non-hydrogen) atoms. The molecule has 0 radical (unpaired) electrons. The van der Waals surface area contributed by atoms with Gasteiger partial charge in [-0.05, 0) is 41.9 Å². The number of aromatic hydroxyl groups is 1. The van der Waals surface area contributed by atoms with Gasteiger partial charge in [0.2, 0.25) is 0 Å². The van der Waals surface area contributed by atoms with Crippen LogP contribution in [0.5, 0.6) is 5.75 Å². The molecule has 0 saturated heterocycles. The summed E-state index contributed by atoms with van der Waals surface area (Å²) in [5, 5.41) is 17.9. The molecule has 5 aromatic rings. The number of aromatic nitrogens is 4. The summed E-state index contributed by atoms with van der Waals surface area (Å²) in [5.74, 6) is -0.156. The Labute approximate surface area is 205 Å². The predicted octanol–water partition coefficient (Wildman–Crippen LogP) is 4.53. The number of carbonyl (C=O) groups is 1. The summed E-state index contributed by atoms with van der Waals surface area (Å²) in [4.78, 5) is 28.1. The van der Waals surface area contributed by atoms with Crippen LogP contribution in [0.1, 0.15) is 20.1 Å². The van der Waals surface area contributed by atoms with E-state index in [2.05, 4.69) is 14.8 Å². The van der Waals surface area contributed by atoms with Gasteiger partial charge in [-0.25, -0.2) is 4.37 Å². The molecular weight excluding hydrogens is 498 g/mol. The summed E-state index contributed by atoms with van der Waals surface area (Å²) in [6, 6.07) is 9.94. The SMILES string of the molecule is O=C(c1ccoc1)n1nc(-c2cc(O)cn(Cc3ccns3)c2=O)cc1NCc1ccc(Cl)s1. The smallest absolute Gasteiger partial charge is 0.283 e. The van der Waals surface area contributed by atoms with Crippen molar-refractivity contribution in [3.05, 3.63) is 91.3 Å². The molecule has 5 aromatic heterocycles. The van der Waals surface area contributed by atoms with Crippen LogP contribution in [0.3, 0.4) is 0 Å². The molecule has 0 saturated carbocycles. The van der Waals surface area contributed by atoms with Crippen molar-refractivity contribution in [2.45, 2.75) is 13.1 Å². The number of hydrogen-bond donors (Lipinski definition) is 2. The third kappa shape index (κ3) is 4.53. The number of halogens is 1. The normalized spacial score (nSPS) is 11.1. The number of thiophene rings is 1. The quantitative estimate of drug-likeness (QED) is 0.328. The molecule has 0 aliphatic rings. The van der Waals surface area contributed by atoms with Gasteiger partial charge < -0.3 is 19.4 Å². The topological polar surface area (TPSA) is 115 Å². The summed E-state index contributed by atoms with van der Waals surface area (Å²) in [6.45, 7) is 0.653. The number of nitrogens with zero attached hydrogens (tertiary/aromatic N) is 4. The van der Waals surface area contributed by atoms with Crippen molar-refractivity contribution in [2.75, 3.05) is 5.32 Å². The van der Waals surface area contributed by atoms with Crippen LogP contribution in [-0.2, 0) is 13.1 Å². The van der Waals surface area contributed by atoms with Gasteiger partial charge in [0.1, 0.15) is 23.5 Å². The summed E-state index contributed by atoms with van der Waals surface area (Å²) >= 11 is 8.70. The zero-order chi connectivity index (χ0) is 23.7. The van der Waals surface area contributed by atoms with Gasteiger partial charge in [-0.2, -0.15) is 9.78 Å². The highest BCUT2D eigenvalue weighted by molar-refractivity contribution is 7.16. The summed E-state index contributed by atoms with van der Waals surface area (Å²) in [6.07, 6.45) is 5.73. The predicted molar refractivity (Wildman–Crippen MR) is 130 cm³/mol. The van der Waals surface area contributed by atoms with Crippen molar-refractivity contribution in [1.29, 1.82) is 0 Å². The molecule has 12 heteroatoms. The van der Waals surface area contributed by atoms with E-state index in [0.717, 1.165) is 9.75 Å². The van der Waals surface area contributed by atoms with E-state index in [0.29, 0.717) is 22.3 Å². The summed E-state index contributed by atoms with van der Waals surface area (Å²) in [5.41, 5.74) is 0.339. The van der Waals surface area contributed by atoms with Crippen LogP contribution in [0.15, 0.2) is 70.5 Å². The summed E-state index contributed by atoms with van der Waals surface area (Å²) < 4.78 is 12.3. The van der Waals surface area contributed by atoms with E-state index >= 15 is 0 Å². The molecule has 0 aliphatic carbocycles. The summed E-state index contributed by atoms with van der Waals surface area (Å²) in [7, 11) is 0. The van der Waals surface area contributed by atoms with Gasteiger partial charge in [0.05, 0.1) is 34.8 Å². The van der Waals surface area contributed by atoms with Gasteiger partial charge in [-0.1, -0.05) is 11.6 Å². The molecule has 5 heterocycles. The largest absolute Gasteiger partial charge is 0.506 e. The fourth-order valence-corrected chi connectivity index (χ4v) is 4.94. The Kier molecular flexibility index (Phi) is 6.05. The molecule has 172 valence electrons. The highest BCUT2D eigenvalue weighted by atomic mass is 35.5. The molecule has 0 amide bonds. The Bertz CT molecular complexity index is 1500. The molecular formula is C22H16ClN5O4S2. The van der Waals surface area contributed by atoms with Gasteiger partial charge >= 0.3 is 0 Å². The van der Waals surface area contributed by atoms with Crippen LogP contribution in [0.4, 0.5) is 5.82 Å². The number of pyridine rings is 1. The maximum Gasteiger partial charge on any atom is 0.283 e. The molecule has 9 nitrogen and oxygen atoms in total. The minimum atomic E-state index is -0.433. The molecule has 0 bridgehead atoms.